The number of carbonyl (C=O) groups is 2. The molecule has 2 atom stereocenters. The number of esters is 1. The molecule has 0 aliphatic carbocycles. The molecule has 2 unspecified atom stereocenters. The van der Waals surface area contributed by atoms with E-state index in [9.17, 15) is 9.59 Å². The van der Waals surface area contributed by atoms with Gasteiger partial charge in [-0.3, -0.25) is 4.79 Å². The van der Waals surface area contributed by atoms with Gasteiger partial charge < -0.3 is 9.64 Å². The van der Waals surface area contributed by atoms with Gasteiger partial charge >= 0.3 is 5.97 Å². The number of hydrogen-bond donors (Lipinski definition) is 0. The minimum absolute atomic E-state index is 0.261. The van der Waals surface area contributed by atoms with Crippen LogP contribution in [0.4, 0.5) is 0 Å². The summed E-state index contributed by atoms with van der Waals surface area (Å²) in [6.07, 6.45) is 1.84. The molecule has 100 valence electrons. The first kappa shape index (κ1) is 14.5. The molecule has 0 bridgehead atoms. The largest absolute Gasteiger partial charge is 0.464 e. The highest BCUT2D eigenvalue weighted by atomic mass is 16.5. The van der Waals surface area contributed by atoms with Crippen molar-refractivity contribution in [2.45, 2.75) is 46.1 Å². The average molecular weight is 252 g/mol. The smallest absolute Gasteiger partial charge is 0.328 e. The number of amides is 1. The average Bonchev–Trinajstić information content (AvgIpc) is 2.86. The molecule has 0 N–H and O–H groups in total. The SMILES string of the molecule is CCOC(=O)C1CCCN1C(=O)C(C)(C#N)CC. The zero-order chi connectivity index (χ0) is 13.8. The Hall–Kier alpha value is -1.57. The molecule has 0 spiro atoms. The maximum absolute atomic E-state index is 12.3. The van der Waals surface area contributed by atoms with Crippen LogP contribution in [0, 0.1) is 16.7 Å². The zero-order valence-corrected chi connectivity index (χ0v) is 11.2. The third-order valence-corrected chi connectivity index (χ3v) is 3.50. The summed E-state index contributed by atoms with van der Waals surface area (Å²) < 4.78 is 4.97. The first-order valence-electron chi connectivity index (χ1n) is 6.39. The van der Waals surface area contributed by atoms with Crippen molar-refractivity contribution in [1.82, 2.24) is 4.90 Å². The van der Waals surface area contributed by atoms with E-state index in [1.54, 1.807) is 20.8 Å². The summed E-state index contributed by atoms with van der Waals surface area (Å²) in [5.74, 6) is -0.622. The van der Waals surface area contributed by atoms with E-state index in [1.807, 2.05) is 0 Å². The van der Waals surface area contributed by atoms with Gasteiger partial charge in [0.1, 0.15) is 11.5 Å². The van der Waals surface area contributed by atoms with Crippen molar-refractivity contribution in [3.8, 4) is 6.07 Å². The summed E-state index contributed by atoms with van der Waals surface area (Å²) in [7, 11) is 0. The number of nitriles is 1. The minimum atomic E-state index is -1.05. The highest BCUT2D eigenvalue weighted by Gasteiger charge is 2.42. The Balaban J connectivity index is 2.85. The van der Waals surface area contributed by atoms with Gasteiger partial charge in [0.15, 0.2) is 0 Å². The highest BCUT2D eigenvalue weighted by molar-refractivity contribution is 5.90. The van der Waals surface area contributed by atoms with E-state index in [4.69, 9.17) is 10.00 Å². The predicted molar refractivity (Wildman–Crippen MR) is 65.4 cm³/mol. The van der Waals surface area contributed by atoms with Crippen LogP contribution >= 0.6 is 0 Å². The van der Waals surface area contributed by atoms with E-state index < -0.39 is 11.5 Å². The lowest BCUT2D eigenvalue weighted by molar-refractivity contribution is -0.155. The second-order valence-electron chi connectivity index (χ2n) is 4.71. The normalized spacial score (nSPS) is 22.1. The van der Waals surface area contributed by atoms with Crippen molar-refractivity contribution in [1.29, 1.82) is 5.26 Å². The van der Waals surface area contributed by atoms with Crippen molar-refractivity contribution >= 4 is 11.9 Å². The first-order valence-corrected chi connectivity index (χ1v) is 6.39. The molecule has 0 aromatic heterocycles. The van der Waals surface area contributed by atoms with Gasteiger partial charge in [-0.1, -0.05) is 6.92 Å². The fraction of sp³-hybridized carbons (Fsp3) is 0.769. The number of carbonyl (C=O) groups excluding carboxylic acids is 2. The van der Waals surface area contributed by atoms with Crippen LogP contribution in [-0.2, 0) is 14.3 Å². The van der Waals surface area contributed by atoms with Gasteiger partial charge in [-0.05, 0) is 33.1 Å². The fourth-order valence-electron chi connectivity index (χ4n) is 2.09. The number of rotatable bonds is 4. The number of nitrogens with zero attached hydrogens (tertiary/aromatic N) is 2. The maximum Gasteiger partial charge on any atom is 0.328 e. The molecule has 5 nitrogen and oxygen atoms in total. The second kappa shape index (κ2) is 5.85. The molecule has 1 heterocycles. The summed E-state index contributed by atoms with van der Waals surface area (Å²) in [5, 5.41) is 9.13. The quantitative estimate of drug-likeness (QED) is 0.710. The van der Waals surface area contributed by atoms with E-state index in [2.05, 4.69) is 6.07 Å². The molecule has 1 aliphatic rings. The molecule has 1 rings (SSSR count). The van der Waals surface area contributed by atoms with Crippen molar-refractivity contribution in [3.05, 3.63) is 0 Å². The van der Waals surface area contributed by atoms with Gasteiger partial charge in [-0.2, -0.15) is 5.26 Å². The molecule has 1 saturated heterocycles. The Morgan fingerprint density at radius 2 is 2.17 bits per heavy atom. The lowest BCUT2D eigenvalue weighted by Crippen LogP contribution is -2.47. The summed E-state index contributed by atoms with van der Waals surface area (Å²) in [4.78, 5) is 25.6. The molecule has 1 amide bonds. The number of ether oxygens (including phenoxy) is 1. The van der Waals surface area contributed by atoms with Crippen LogP contribution in [0.25, 0.3) is 0 Å². The Morgan fingerprint density at radius 3 is 2.67 bits per heavy atom. The van der Waals surface area contributed by atoms with Crippen LogP contribution in [0.15, 0.2) is 0 Å². The van der Waals surface area contributed by atoms with Gasteiger partial charge in [0.25, 0.3) is 0 Å². The van der Waals surface area contributed by atoms with Crippen molar-refractivity contribution < 1.29 is 14.3 Å². The Morgan fingerprint density at radius 1 is 1.50 bits per heavy atom. The molecule has 0 saturated carbocycles. The van der Waals surface area contributed by atoms with Crippen LogP contribution < -0.4 is 0 Å². The van der Waals surface area contributed by atoms with Gasteiger partial charge in [0.2, 0.25) is 5.91 Å². The van der Waals surface area contributed by atoms with E-state index >= 15 is 0 Å². The molecule has 0 radical (unpaired) electrons. The zero-order valence-electron chi connectivity index (χ0n) is 11.2. The fourth-order valence-corrected chi connectivity index (χ4v) is 2.09. The lowest BCUT2D eigenvalue weighted by atomic mass is 9.87. The summed E-state index contributed by atoms with van der Waals surface area (Å²) >= 11 is 0. The minimum Gasteiger partial charge on any atom is -0.464 e. The Kier molecular flexibility index (Phi) is 4.71. The summed E-state index contributed by atoms with van der Waals surface area (Å²) in [6.45, 7) is 6.00. The Labute approximate surface area is 108 Å². The second-order valence-corrected chi connectivity index (χ2v) is 4.71. The number of likely N-dealkylation sites (tertiary alicyclic amines) is 1. The van der Waals surface area contributed by atoms with Gasteiger partial charge in [0, 0.05) is 6.54 Å². The molecule has 1 aliphatic heterocycles. The topological polar surface area (TPSA) is 70.4 Å². The van der Waals surface area contributed by atoms with Crippen LogP contribution in [-0.4, -0.2) is 36.0 Å². The molecule has 0 aromatic carbocycles. The maximum atomic E-state index is 12.3. The molecule has 18 heavy (non-hydrogen) atoms. The van der Waals surface area contributed by atoms with Crippen LogP contribution in [0.5, 0.6) is 0 Å². The van der Waals surface area contributed by atoms with Crippen molar-refractivity contribution in [2.75, 3.05) is 13.2 Å². The lowest BCUT2D eigenvalue weighted by Gasteiger charge is -2.29. The monoisotopic (exact) mass is 252 g/mol. The van der Waals surface area contributed by atoms with E-state index in [-0.39, 0.29) is 11.9 Å². The molecule has 0 aromatic rings. The third-order valence-electron chi connectivity index (χ3n) is 3.50. The van der Waals surface area contributed by atoms with Crippen LogP contribution in [0.3, 0.4) is 0 Å². The molecule has 5 heteroatoms. The number of hydrogen-bond acceptors (Lipinski definition) is 4. The van der Waals surface area contributed by atoms with E-state index in [0.29, 0.717) is 26.0 Å². The molecular weight excluding hydrogens is 232 g/mol. The summed E-state index contributed by atoms with van der Waals surface area (Å²) in [5.41, 5.74) is -1.05. The molecular formula is C13H20N2O3. The first-order chi connectivity index (χ1) is 8.50. The highest BCUT2D eigenvalue weighted by Crippen LogP contribution is 2.28. The summed E-state index contributed by atoms with van der Waals surface area (Å²) in [6, 6.07) is 1.54. The standard InChI is InChI=1S/C13H20N2O3/c1-4-13(3,9-14)12(17)15-8-6-7-10(15)11(16)18-5-2/h10H,4-8H2,1-3H3. The van der Waals surface area contributed by atoms with Gasteiger partial charge in [0.05, 0.1) is 12.7 Å². The Bertz CT molecular complexity index is 375. The van der Waals surface area contributed by atoms with Crippen LogP contribution in [0.2, 0.25) is 0 Å². The molecule has 1 fully saturated rings. The van der Waals surface area contributed by atoms with E-state index in [1.165, 1.54) is 4.90 Å². The van der Waals surface area contributed by atoms with Gasteiger partial charge in [-0.25, -0.2) is 4.79 Å². The third kappa shape index (κ3) is 2.63. The predicted octanol–water partition coefficient (Wildman–Crippen LogP) is 1.48. The van der Waals surface area contributed by atoms with Crippen molar-refractivity contribution in [3.63, 3.8) is 0 Å². The van der Waals surface area contributed by atoms with Crippen LogP contribution in [0.1, 0.15) is 40.0 Å². The van der Waals surface area contributed by atoms with Crippen molar-refractivity contribution in [2.24, 2.45) is 5.41 Å². The van der Waals surface area contributed by atoms with Gasteiger partial charge in [-0.15, -0.1) is 0 Å². The van der Waals surface area contributed by atoms with E-state index in [0.717, 1.165) is 6.42 Å².